The van der Waals surface area contributed by atoms with E-state index >= 15 is 0 Å². The molecule has 3 rings (SSSR count). The SMILES string of the molecule is C[C@@H]1CC[C@H](O)[C@@]2(C)CC[C@@H]3[C@H]([C@H]12)C3(C)C. The van der Waals surface area contributed by atoms with Crippen LogP contribution in [0.5, 0.6) is 0 Å². The van der Waals surface area contributed by atoms with Gasteiger partial charge in [-0.05, 0) is 60.2 Å². The molecular weight excluding hydrogens is 196 g/mol. The van der Waals surface area contributed by atoms with Crippen molar-refractivity contribution in [2.75, 3.05) is 0 Å². The molecule has 16 heavy (non-hydrogen) atoms. The molecule has 0 spiro atoms. The second-order valence-corrected chi connectivity index (χ2v) is 7.59. The maximum atomic E-state index is 10.4. The summed E-state index contributed by atoms with van der Waals surface area (Å²) in [5.41, 5.74) is 0.792. The van der Waals surface area contributed by atoms with E-state index in [1.54, 1.807) is 0 Å². The highest BCUT2D eigenvalue weighted by Gasteiger charge is 2.68. The van der Waals surface area contributed by atoms with Crippen LogP contribution in [0.4, 0.5) is 0 Å². The van der Waals surface area contributed by atoms with Crippen molar-refractivity contribution in [1.29, 1.82) is 0 Å². The zero-order chi connectivity index (χ0) is 11.7. The summed E-state index contributed by atoms with van der Waals surface area (Å²) >= 11 is 0. The summed E-state index contributed by atoms with van der Waals surface area (Å²) in [6, 6.07) is 0. The summed E-state index contributed by atoms with van der Waals surface area (Å²) in [6.07, 6.45) is 4.85. The van der Waals surface area contributed by atoms with Gasteiger partial charge in [0.25, 0.3) is 0 Å². The number of aliphatic hydroxyl groups excluding tert-OH is 1. The van der Waals surface area contributed by atoms with Crippen LogP contribution in [0, 0.1) is 34.5 Å². The third kappa shape index (κ3) is 1.16. The van der Waals surface area contributed by atoms with Crippen molar-refractivity contribution in [2.45, 2.75) is 59.5 Å². The molecule has 1 heteroatoms. The first-order valence-corrected chi connectivity index (χ1v) is 7.07. The topological polar surface area (TPSA) is 20.2 Å². The average molecular weight is 222 g/mol. The molecule has 3 aliphatic rings. The minimum atomic E-state index is -0.0361. The van der Waals surface area contributed by atoms with E-state index in [1.807, 2.05) is 0 Å². The molecule has 0 heterocycles. The highest BCUT2D eigenvalue weighted by atomic mass is 16.3. The summed E-state index contributed by atoms with van der Waals surface area (Å²) in [5, 5.41) is 10.4. The molecular formula is C15H26O. The lowest BCUT2D eigenvalue weighted by Crippen LogP contribution is -2.49. The van der Waals surface area contributed by atoms with E-state index in [0.29, 0.717) is 5.41 Å². The van der Waals surface area contributed by atoms with Crippen LogP contribution >= 0.6 is 0 Å². The van der Waals surface area contributed by atoms with E-state index < -0.39 is 0 Å². The molecule has 3 aliphatic carbocycles. The normalized spacial score (nSPS) is 58.7. The molecule has 3 fully saturated rings. The fraction of sp³-hybridized carbons (Fsp3) is 1.00. The van der Waals surface area contributed by atoms with Crippen LogP contribution in [-0.2, 0) is 0 Å². The molecule has 92 valence electrons. The van der Waals surface area contributed by atoms with Gasteiger partial charge in [-0.2, -0.15) is 0 Å². The van der Waals surface area contributed by atoms with Gasteiger partial charge in [0.2, 0.25) is 0 Å². The lowest BCUT2D eigenvalue weighted by Gasteiger charge is -2.51. The van der Waals surface area contributed by atoms with Crippen molar-refractivity contribution in [1.82, 2.24) is 0 Å². The summed E-state index contributed by atoms with van der Waals surface area (Å²) in [4.78, 5) is 0. The minimum absolute atomic E-state index is 0.0361. The molecule has 0 saturated heterocycles. The number of fused-ring (bicyclic) bond motifs is 3. The molecule has 0 aromatic heterocycles. The van der Waals surface area contributed by atoms with Crippen LogP contribution in [0.25, 0.3) is 0 Å². The first-order valence-electron chi connectivity index (χ1n) is 7.07. The van der Waals surface area contributed by atoms with E-state index in [9.17, 15) is 5.11 Å². The largest absolute Gasteiger partial charge is 0.393 e. The van der Waals surface area contributed by atoms with E-state index in [0.717, 1.165) is 30.1 Å². The van der Waals surface area contributed by atoms with Crippen LogP contribution in [-0.4, -0.2) is 11.2 Å². The maximum Gasteiger partial charge on any atom is 0.0596 e. The van der Waals surface area contributed by atoms with Gasteiger partial charge in [-0.25, -0.2) is 0 Å². The predicted octanol–water partition coefficient (Wildman–Crippen LogP) is 3.47. The molecule has 0 aromatic carbocycles. The van der Waals surface area contributed by atoms with Crippen LogP contribution < -0.4 is 0 Å². The monoisotopic (exact) mass is 222 g/mol. The van der Waals surface area contributed by atoms with Crippen LogP contribution in [0.1, 0.15) is 53.4 Å². The first-order chi connectivity index (χ1) is 7.39. The number of hydrogen-bond acceptors (Lipinski definition) is 1. The first kappa shape index (κ1) is 11.1. The second kappa shape index (κ2) is 3.04. The van der Waals surface area contributed by atoms with Gasteiger partial charge < -0.3 is 5.11 Å². The fourth-order valence-electron chi connectivity index (χ4n) is 5.42. The van der Waals surface area contributed by atoms with Crippen molar-refractivity contribution in [3.05, 3.63) is 0 Å². The van der Waals surface area contributed by atoms with Gasteiger partial charge >= 0.3 is 0 Å². The lowest BCUT2D eigenvalue weighted by molar-refractivity contribution is -0.0951. The smallest absolute Gasteiger partial charge is 0.0596 e. The van der Waals surface area contributed by atoms with Gasteiger partial charge in [-0.3, -0.25) is 0 Å². The Morgan fingerprint density at radius 2 is 1.69 bits per heavy atom. The van der Waals surface area contributed by atoms with Gasteiger partial charge in [0, 0.05) is 0 Å². The molecule has 0 radical (unpaired) electrons. The molecule has 0 bridgehead atoms. The van der Waals surface area contributed by atoms with Crippen molar-refractivity contribution >= 4 is 0 Å². The molecule has 0 unspecified atom stereocenters. The summed E-state index contributed by atoms with van der Waals surface area (Å²) in [5.74, 6) is 3.46. The van der Waals surface area contributed by atoms with Crippen molar-refractivity contribution in [3.63, 3.8) is 0 Å². The quantitative estimate of drug-likeness (QED) is 0.665. The van der Waals surface area contributed by atoms with Gasteiger partial charge in [0.05, 0.1) is 6.10 Å². The lowest BCUT2D eigenvalue weighted by atomic mass is 9.55. The summed E-state index contributed by atoms with van der Waals surface area (Å²) in [6.45, 7) is 9.68. The third-order valence-corrected chi connectivity index (χ3v) is 6.55. The van der Waals surface area contributed by atoms with E-state index in [4.69, 9.17) is 0 Å². The van der Waals surface area contributed by atoms with E-state index in [1.165, 1.54) is 19.3 Å². The molecule has 6 atom stereocenters. The van der Waals surface area contributed by atoms with Gasteiger partial charge in [-0.15, -0.1) is 0 Å². The molecule has 1 nitrogen and oxygen atoms in total. The van der Waals surface area contributed by atoms with E-state index in [2.05, 4.69) is 27.7 Å². The average Bonchev–Trinajstić information content (AvgIpc) is 2.76. The maximum absolute atomic E-state index is 10.4. The summed E-state index contributed by atoms with van der Waals surface area (Å²) in [7, 11) is 0. The predicted molar refractivity (Wildman–Crippen MR) is 66.0 cm³/mol. The van der Waals surface area contributed by atoms with Gasteiger partial charge in [0.1, 0.15) is 0 Å². The Balaban J connectivity index is 1.95. The number of aliphatic hydroxyl groups is 1. The highest BCUT2D eigenvalue weighted by Crippen LogP contribution is 2.73. The van der Waals surface area contributed by atoms with E-state index in [-0.39, 0.29) is 11.5 Å². The number of hydrogen-bond donors (Lipinski definition) is 1. The Bertz CT molecular complexity index is 309. The van der Waals surface area contributed by atoms with Crippen LogP contribution in [0.15, 0.2) is 0 Å². The Morgan fingerprint density at radius 3 is 2.38 bits per heavy atom. The Kier molecular flexibility index (Phi) is 2.11. The molecule has 0 amide bonds. The van der Waals surface area contributed by atoms with Crippen molar-refractivity contribution in [3.8, 4) is 0 Å². The molecule has 1 N–H and O–H groups in total. The Labute approximate surface area is 99.6 Å². The second-order valence-electron chi connectivity index (χ2n) is 7.59. The molecule has 0 aliphatic heterocycles. The van der Waals surface area contributed by atoms with Crippen molar-refractivity contribution < 1.29 is 5.11 Å². The zero-order valence-corrected chi connectivity index (χ0v) is 11.2. The van der Waals surface area contributed by atoms with Gasteiger partial charge in [-0.1, -0.05) is 27.7 Å². The van der Waals surface area contributed by atoms with Crippen LogP contribution in [0.2, 0.25) is 0 Å². The van der Waals surface area contributed by atoms with Crippen LogP contribution in [0.3, 0.4) is 0 Å². The highest BCUT2D eigenvalue weighted by molar-refractivity contribution is 5.16. The Hall–Kier alpha value is -0.0400. The standard InChI is InChI=1S/C15H26O/c1-9-5-6-11(16)15(4)8-7-10-13(12(9)15)14(10,2)3/h9-13,16H,5-8H2,1-4H3/t9-,10-,11+,12+,13-,15-/m1/s1. The zero-order valence-electron chi connectivity index (χ0n) is 11.2. The summed E-state index contributed by atoms with van der Waals surface area (Å²) < 4.78 is 0. The fourth-order valence-corrected chi connectivity index (χ4v) is 5.42. The third-order valence-electron chi connectivity index (χ3n) is 6.55. The molecule has 0 aromatic rings. The van der Waals surface area contributed by atoms with Crippen molar-refractivity contribution in [2.24, 2.45) is 34.5 Å². The minimum Gasteiger partial charge on any atom is -0.393 e. The Morgan fingerprint density at radius 1 is 1.00 bits per heavy atom. The van der Waals surface area contributed by atoms with Gasteiger partial charge in [0.15, 0.2) is 0 Å². The molecule has 3 saturated carbocycles. The number of rotatable bonds is 0.